The summed E-state index contributed by atoms with van der Waals surface area (Å²) in [5.41, 5.74) is 0. The van der Waals surface area contributed by atoms with Crippen molar-refractivity contribution in [2.75, 3.05) is 6.61 Å². The second kappa shape index (κ2) is 34.1. The van der Waals surface area contributed by atoms with Crippen LogP contribution >= 0.6 is 0 Å². The van der Waals surface area contributed by atoms with Crippen LogP contribution in [0.25, 0.3) is 0 Å². The number of allylic oxidation sites excluding steroid dienone is 4. The van der Waals surface area contributed by atoms with Crippen LogP contribution in [0.3, 0.4) is 0 Å². The molecule has 45 heavy (non-hydrogen) atoms. The molecule has 0 aromatic rings. The molecule has 0 saturated carbocycles. The molecule has 0 spiro atoms. The molecule has 6 nitrogen and oxygen atoms in total. The Morgan fingerprint density at radius 2 is 1.02 bits per heavy atom. The highest BCUT2D eigenvalue weighted by molar-refractivity contribution is 5.80. The minimum atomic E-state index is -1.25. The van der Waals surface area contributed by atoms with E-state index in [0.717, 1.165) is 51.4 Å². The number of aliphatic hydroxyl groups excluding tert-OH is 4. The Hall–Kier alpha value is -1.21. The van der Waals surface area contributed by atoms with E-state index >= 15 is 0 Å². The van der Waals surface area contributed by atoms with E-state index in [1.54, 1.807) is 0 Å². The average molecular weight is 638 g/mol. The van der Waals surface area contributed by atoms with Gasteiger partial charge in [-0.1, -0.05) is 173 Å². The van der Waals surface area contributed by atoms with Crippen molar-refractivity contribution in [2.24, 2.45) is 0 Å². The lowest BCUT2D eigenvalue weighted by molar-refractivity contribution is -0.132. The van der Waals surface area contributed by atoms with Gasteiger partial charge in [-0.05, 0) is 38.5 Å². The highest BCUT2D eigenvalue weighted by atomic mass is 16.3. The van der Waals surface area contributed by atoms with Gasteiger partial charge in [-0.15, -0.1) is 0 Å². The van der Waals surface area contributed by atoms with Gasteiger partial charge in [0, 0.05) is 0 Å². The zero-order valence-electron chi connectivity index (χ0n) is 29.6. The fraction of sp³-hybridized carbons (Fsp3) is 0.872. The fourth-order valence-corrected chi connectivity index (χ4v) is 5.85. The predicted octanol–water partition coefficient (Wildman–Crippen LogP) is 9.23. The Bertz CT molecular complexity index is 682. The van der Waals surface area contributed by atoms with Crippen LogP contribution in [0.5, 0.6) is 0 Å². The van der Waals surface area contributed by atoms with Gasteiger partial charge in [0.2, 0.25) is 5.91 Å². The fourth-order valence-electron chi connectivity index (χ4n) is 5.85. The third-order valence-electron chi connectivity index (χ3n) is 8.93. The van der Waals surface area contributed by atoms with Gasteiger partial charge in [-0.25, -0.2) is 0 Å². The minimum Gasteiger partial charge on any atom is -0.394 e. The number of rotatable bonds is 34. The van der Waals surface area contributed by atoms with Crippen LogP contribution in [0.15, 0.2) is 24.3 Å². The number of aliphatic hydroxyl groups is 4. The lowest BCUT2D eigenvalue weighted by Gasteiger charge is -2.27. The van der Waals surface area contributed by atoms with Crippen LogP contribution in [0.4, 0.5) is 0 Å². The monoisotopic (exact) mass is 638 g/mol. The number of carbonyl (C=O) groups excluding carboxylic acids is 1. The van der Waals surface area contributed by atoms with Crippen molar-refractivity contribution in [3.05, 3.63) is 24.3 Å². The lowest BCUT2D eigenvalue weighted by atomic mass is 9.99. The molecular weight excluding hydrogens is 562 g/mol. The molecule has 0 aliphatic heterocycles. The van der Waals surface area contributed by atoms with Gasteiger partial charge in [0.25, 0.3) is 0 Å². The SMILES string of the molecule is CC/C=C\C/C=C\CCCCCCCCCCCCCCCC(O)C(=O)NC(CO)C(O)C(O)CCCCCCCCCCC. The summed E-state index contributed by atoms with van der Waals surface area (Å²) in [6, 6.07) is -0.980. The maximum atomic E-state index is 12.4. The molecule has 5 N–H and O–H groups in total. The van der Waals surface area contributed by atoms with E-state index in [0.29, 0.717) is 12.8 Å². The smallest absolute Gasteiger partial charge is 0.249 e. The quantitative estimate of drug-likeness (QED) is 0.0357. The van der Waals surface area contributed by atoms with Gasteiger partial charge in [0.05, 0.1) is 18.8 Å². The van der Waals surface area contributed by atoms with Crippen molar-refractivity contribution >= 4 is 5.91 Å². The molecule has 0 aliphatic carbocycles. The molecule has 0 saturated heterocycles. The summed E-state index contributed by atoms with van der Waals surface area (Å²) < 4.78 is 0. The molecule has 4 unspecified atom stereocenters. The predicted molar refractivity (Wildman–Crippen MR) is 191 cm³/mol. The molecule has 0 aromatic heterocycles. The van der Waals surface area contributed by atoms with Gasteiger partial charge in [-0.2, -0.15) is 0 Å². The Balaban J connectivity index is 3.72. The summed E-state index contributed by atoms with van der Waals surface area (Å²) in [5, 5.41) is 43.4. The topological polar surface area (TPSA) is 110 Å². The van der Waals surface area contributed by atoms with Crippen LogP contribution in [0.1, 0.15) is 187 Å². The number of unbranched alkanes of at least 4 members (excludes halogenated alkanes) is 21. The standard InChI is InChI=1S/C39H75NO5/c1-3-5-7-9-11-13-14-15-16-17-18-19-20-21-22-23-25-27-29-31-33-37(43)39(45)40-35(34-41)38(44)36(42)32-30-28-26-24-12-10-8-6-4-2/h5,7,11,13,35-38,41-44H,3-4,6,8-10,12,14-34H2,1-2H3,(H,40,45)/b7-5-,13-11-. The maximum absolute atomic E-state index is 12.4. The van der Waals surface area contributed by atoms with Crippen molar-refractivity contribution in [3.63, 3.8) is 0 Å². The third kappa shape index (κ3) is 28.7. The first-order valence-corrected chi connectivity index (χ1v) is 19.2. The Kier molecular flexibility index (Phi) is 33.2. The first-order chi connectivity index (χ1) is 22.0. The van der Waals surface area contributed by atoms with E-state index in [1.807, 2.05) is 0 Å². The normalized spacial score (nSPS) is 14.7. The maximum Gasteiger partial charge on any atom is 0.249 e. The molecule has 4 atom stereocenters. The van der Waals surface area contributed by atoms with Crippen LogP contribution in [-0.4, -0.2) is 57.3 Å². The molecule has 1 amide bonds. The van der Waals surface area contributed by atoms with Gasteiger partial charge >= 0.3 is 0 Å². The van der Waals surface area contributed by atoms with E-state index in [-0.39, 0.29) is 0 Å². The molecule has 0 radical (unpaired) electrons. The molecule has 0 rings (SSSR count). The number of amides is 1. The Morgan fingerprint density at radius 1 is 0.578 bits per heavy atom. The second-order valence-corrected chi connectivity index (χ2v) is 13.2. The number of carbonyl (C=O) groups is 1. The first kappa shape index (κ1) is 43.8. The van der Waals surface area contributed by atoms with Gasteiger partial charge < -0.3 is 25.7 Å². The van der Waals surface area contributed by atoms with Crippen molar-refractivity contribution in [1.82, 2.24) is 5.32 Å². The summed E-state index contributed by atoms with van der Waals surface area (Å²) in [7, 11) is 0. The van der Waals surface area contributed by atoms with Crippen LogP contribution in [-0.2, 0) is 4.79 Å². The van der Waals surface area contributed by atoms with E-state index in [2.05, 4.69) is 43.5 Å². The summed E-state index contributed by atoms with van der Waals surface area (Å²) >= 11 is 0. The Morgan fingerprint density at radius 3 is 1.51 bits per heavy atom. The van der Waals surface area contributed by atoms with Crippen molar-refractivity contribution < 1.29 is 25.2 Å². The largest absolute Gasteiger partial charge is 0.394 e. The van der Waals surface area contributed by atoms with Crippen LogP contribution in [0.2, 0.25) is 0 Å². The van der Waals surface area contributed by atoms with Gasteiger partial charge in [0.1, 0.15) is 12.2 Å². The van der Waals surface area contributed by atoms with Gasteiger partial charge in [-0.3, -0.25) is 4.79 Å². The highest BCUT2D eigenvalue weighted by Crippen LogP contribution is 2.16. The third-order valence-corrected chi connectivity index (χ3v) is 8.93. The van der Waals surface area contributed by atoms with Gasteiger partial charge in [0.15, 0.2) is 0 Å². The molecule has 0 fully saturated rings. The summed E-state index contributed by atoms with van der Waals surface area (Å²) in [6.07, 6.45) is 36.4. The molecule has 0 heterocycles. The van der Waals surface area contributed by atoms with E-state index < -0.39 is 36.9 Å². The zero-order chi connectivity index (χ0) is 33.2. The Labute approximate surface area is 278 Å². The summed E-state index contributed by atoms with van der Waals surface area (Å²) in [6.45, 7) is 3.91. The van der Waals surface area contributed by atoms with Crippen LogP contribution < -0.4 is 5.32 Å². The number of hydrogen-bond acceptors (Lipinski definition) is 5. The number of nitrogens with one attached hydrogen (secondary N) is 1. The second-order valence-electron chi connectivity index (χ2n) is 13.2. The van der Waals surface area contributed by atoms with E-state index in [9.17, 15) is 25.2 Å². The molecular formula is C39H75NO5. The van der Waals surface area contributed by atoms with Crippen LogP contribution in [0, 0.1) is 0 Å². The van der Waals surface area contributed by atoms with Crippen molar-refractivity contribution in [2.45, 2.75) is 212 Å². The molecule has 0 bridgehead atoms. The highest BCUT2D eigenvalue weighted by Gasteiger charge is 2.28. The summed E-state index contributed by atoms with van der Waals surface area (Å²) in [5.74, 6) is -0.587. The van der Waals surface area contributed by atoms with Crippen molar-refractivity contribution in [3.8, 4) is 0 Å². The minimum absolute atomic E-state index is 0.369. The van der Waals surface area contributed by atoms with Crippen molar-refractivity contribution in [1.29, 1.82) is 0 Å². The molecule has 0 aliphatic rings. The summed E-state index contributed by atoms with van der Waals surface area (Å²) in [4.78, 5) is 12.4. The van der Waals surface area contributed by atoms with E-state index in [1.165, 1.54) is 109 Å². The number of hydrogen-bond donors (Lipinski definition) is 5. The van der Waals surface area contributed by atoms with E-state index in [4.69, 9.17) is 0 Å². The molecule has 0 aromatic carbocycles. The average Bonchev–Trinajstić information content (AvgIpc) is 3.04. The first-order valence-electron chi connectivity index (χ1n) is 19.2. The lowest BCUT2D eigenvalue weighted by Crippen LogP contribution is -2.53. The zero-order valence-corrected chi connectivity index (χ0v) is 29.6. The molecule has 266 valence electrons. The molecule has 6 heteroatoms.